The number of rotatable bonds is 4. The summed E-state index contributed by atoms with van der Waals surface area (Å²) in [6.45, 7) is 0. The smallest absolute Gasteiger partial charge is 0.288 e. The molecule has 1 N–H and O–H groups in total. The Hall–Kier alpha value is -3.42. The van der Waals surface area contributed by atoms with Gasteiger partial charge in [0.2, 0.25) is 5.89 Å². The number of para-hydroxylation sites is 2. The summed E-state index contributed by atoms with van der Waals surface area (Å²) in [7, 11) is 0. The van der Waals surface area contributed by atoms with E-state index in [1.54, 1.807) is 24.3 Å². The molecule has 0 bridgehead atoms. The SMILES string of the molecule is O=C(Nc1ccc(Cl)c(-c2nc3ccccc3o2)c1)c1ccc(Cl)c([N+](=O)[O-])c1. The second-order valence-electron chi connectivity index (χ2n) is 6.06. The van der Waals surface area contributed by atoms with Crippen molar-refractivity contribution >= 4 is 51.6 Å². The Morgan fingerprint density at radius 2 is 1.79 bits per heavy atom. The van der Waals surface area contributed by atoms with E-state index in [1.807, 2.05) is 18.2 Å². The van der Waals surface area contributed by atoms with Crippen LogP contribution in [0.3, 0.4) is 0 Å². The number of oxazole rings is 1. The Balaban J connectivity index is 1.65. The summed E-state index contributed by atoms with van der Waals surface area (Å²) in [5, 5.41) is 14.1. The highest BCUT2D eigenvalue weighted by molar-refractivity contribution is 6.33. The van der Waals surface area contributed by atoms with Crippen molar-refractivity contribution in [1.29, 1.82) is 0 Å². The molecule has 0 aliphatic rings. The number of fused-ring (bicyclic) bond motifs is 1. The summed E-state index contributed by atoms with van der Waals surface area (Å²) < 4.78 is 5.74. The van der Waals surface area contributed by atoms with Gasteiger partial charge in [-0.1, -0.05) is 35.3 Å². The van der Waals surface area contributed by atoms with Crippen molar-refractivity contribution in [2.24, 2.45) is 0 Å². The van der Waals surface area contributed by atoms with Crippen LogP contribution in [-0.2, 0) is 0 Å². The molecule has 1 heterocycles. The van der Waals surface area contributed by atoms with Crippen LogP contribution >= 0.6 is 23.2 Å². The van der Waals surface area contributed by atoms with Gasteiger partial charge in [0.05, 0.1) is 15.5 Å². The summed E-state index contributed by atoms with van der Waals surface area (Å²) in [5.41, 5.74) is 1.97. The molecule has 29 heavy (non-hydrogen) atoms. The van der Waals surface area contributed by atoms with E-state index < -0.39 is 10.8 Å². The lowest BCUT2D eigenvalue weighted by Gasteiger charge is -2.08. The van der Waals surface area contributed by atoms with Gasteiger partial charge in [-0.25, -0.2) is 4.98 Å². The van der Waals surface area contributed by atoms with Crippen molar-refractivity contribution in [1.82, 2.24) is 4.98 Å². The fourth-order valence-electron chi connectivity index (χ4n) is 2.75. The number of amides is 1. The van der Waals surface area contributed by atoms with Crippen molar-refractivity contribution in [3.63, 3.8) is 0 Å². The summed E-state index contributed by atoms with van der Waals surface area (Å²) in [5.74, 6) is -0.218. The first-order valence-electron chi connectivity index (χ1n) is 8.33. The maximum absolute atomic E-state index is 12.5. The number of hydrogen-bond donors (Lipinski definition) is 1. The van der Waals surface area contributed by atoms with Gasteiger partial charge in [-0.15, -0.1) is 0 Å². The number of hydrogen-bond acceptors (Lipinski definition) is 5. The van der Waals surface area contributed by atoms with Gasteiger partial charge in [-0.3, -0.25) is 14.9 Å². The van der Waals surface area contributed by atoms with E-state index in [9.17, 15) is 14.9 Å². The van der Waals surface area contributed by atoms with Gasteiger partial charge in [0.25, 0.3) is 11.6 Å². The third kappa shape index (κ3) is 3.78. The lowest BCUT2D eigenvalue weighted by molar-refractivity contribution is -0.384. The average Bonchev–Trinajstić information content (AvgIpc) is 3.13. The molecule has 0 spiro atoms. The molecule has 0 radical (unpaired) electrons. The third-order valence-corrected chi connectivity index (χ3v) is 4.80. The van der Waals surface area contributed by atoms with Crippen LogP contribution in [-0.4, -0.2) is 15.8 Å². The summed E-state index contributed by atoms with van der Waals surface area (Å²) in [6.07, 6.45) is 0. The van der Waals surface area contributed by atoms with Gasteiger partial charge < -0.3 is 9.73 Å². The number of nitrogens with one attached hydrogen (secondary N) is 1. The van der Waals surface area contributed by atoms with E-state index in [4.69, 9.17) is 27.6 Å². The molecule has 9 heteroatoms. The molecular weight excluding hydrogens is 417 g/mol. The first-order valence-corrected chi connectivity index (χ1v) is 9.09. The largest absolute Gasteiger partial charge is 0.436 e. The molecular formula is C20H11Cl2N3O4. The first kappa shape index (κ1) is 18.9. The number of nitro benzene ring substituents is 1. The Bertz CT molecular complexity index is 1240. The Morgan fingerprint density at radius 3 is 2.55 bits per heavy atom. The molecule has 0 aliphatic carbocycles. The molecule has 144 valence electrons. The number of benzene rings is 3. The van der Waals surface area contributed by atoms with E-state index >= 15 is 0 Å². The zero-order valence-corrected chi connectivity index (χ0v) is 16.1. The molecule has 1 aromatic heterocycles. The number of halogens is 2. The molecule has 4 rings (SSSR count). The van der Waals surface area contributed by atoms with Crippen LogP contribution < -0.4 is 5.32 Å². The van der Waals surface area contributed by atoms with E-state index in [1.165, 1.54) is 12.1 Å². The second kappa shape index (κ2) is 7.54. The van der Waals surface area contributed by atoms with Crippen molar-refractivity contribution in [3.05, 3.63) is 86.4 Å². The monoisotopic (exact) mass is 427 g/mol. The minimum absolute atomic E-state index is 0.0451. The minimum atomic E-state index is -0.646. The average molecular weight is 428 g/mol. The summed E-state index contributed by atoms with van der Waals surface area (Å²) in [4.78, 5) is 27.3. The highest BCUT2D eigenvalue weighted by atomic mass is 35.5. The van der Waals surface area contributed by atoms with Crippen molar-refractivity contribution in [2.75, 3.05) is 5.32 Å². The molecule has 0 saturated heterocycles. The third-order valence-electron chi connectivity index (χ3n) is 4.15. The normalized spacial score (nSPS) is 10.8. The lowest BCUT2D eigenvalue weighted by Crippen LogP contribution is -2.12. The fourth-order valence-corrected chi connectivity index (χ4v) is 3.14. The number of aromatic nitrogens is 1. The quantitative estimate of drug-likeness (QED) is 0.319. The molecule has 0 atom stereocenters. The van der Waals surface area contributed by atoms with Gasteiger partial charge in [-0.2, -0.15) is 0 Å². The van der Waals surface area contributed by atoms with Crippen molar-refractivity contribution in [3.8, 4) is 11.5 Å². The molecule has 0 saturated carbocycles. The van der Waals surface area contributed by atoms with Crippen LogP contribution in [0.4, 0.5) is 11.4 Å². The number of nitro groups is 1. The zero-order valence-electron chi connectivity index (χ0n) is 14.6. The van der Waals surface area contributed by atoms with Crippen LogP contribution in [0, 0.1) is 10.1 Å². The van der Waals surface area contributed by atoms with Gasteiger partial charge in [0.15, 0.2) is 5.58 Å². The molecule has 4 aromatic rings. The van der Waals surface area contributed by atoms with Gasteiger partial charge in [0.1, 0.15) is 10.5 Å². The predicted octanol–water partition coefficient (Wildman–Crippen LogP) is 5.96. The maximum atomic E-state index is 12.5. The second-order valence-corrected chi connectivity index (χ2v) is 6.87. The molecule has 1 amide bonds. The van der Waals surface area contributed by atoms with Crippen molar-refractivity contribution in [2.45, 2.75) is 0 Å². The Kier molecular flexibility index (Phi) is 4.92. The first-order chi connectivity index (χ1) is 13.9. The summed E-state index contributed by atoms with van der Waals surface area (Å²) >= 11 is 12.1. The highest BCUT2D eigenvalue weighted by Gasteiger charge is 2.17. The number of anilines is 1. The molecule has 0 aliphatic heterocycles. The van der Waals surface area contributed by atoms with Crippen LogP contribution in [0.5, 0.6) is 0 Å². The summed E-state index contributed by atoms with van der Waals surface area (Å²) in [6, 6.07) is 15.9. The molecule has 0 unspecified atom stereocenters. The number of carbonyl (C=O) groups excluding carboxylic acids is 1. The molecule has 0 fully saturated rings. The number of nitrogens with zero attached hydrogens (tertiary/aromatic N) is 2. The maximum Gasteiger partial charge on any atom is 0.288 e. The highest BCUT2D eigenvalue weighted by Crippen LogP contribution is 2.32. The van der Waals surface area contributed by atoms with Crippen LogP contribution in [0.2, 0.25) is 10.0 Å². The molecule has 3 aromatic carbocycles. The lowest BCUT2D eigenvalue weighted by atomic mass is 10.1. The molecule has 7 nitrogen and oxygen atoms in total. The standard InChI is InChI=1S/C20H11Cl2N3O4/c21-14-8-6-12(10-13(14)20-24-16-3-1-2-4-18(16)29-20)23-19(26)11-5-7-15(22)17(9-11)25(27)28/h1-10H,(H,23,26). The predicted molar refractivity (Wildman–Crippen MR) is 111 cm³/mol. The number of carbonyl (C=O) groups is 1. The van der Waals surface area contributed by atoms with E-state index in [0.717, 1.165) is 6.07 Å². The van der Waals surface area contributed by atoms with Crippen LogP contribution in [0.1, 0.15) is 10.4 Å². The van der Waals surface area contributed by atoms with E-state index in [2.05, 4.69) is 10.3 Å². The minimum Gasteiger partial charge on any atom is -0.436 e. The van der Waals surface area contributed by atoms with Crippen LogP contribution in [0.15, 0.2) is 65.1 Å². The van der Waals surface area contributed by atoms with Gasteiger partial charge >= 0.3 is 0 Å². The topological polar surface area (TPSA) is 98.3 Å². The van der Waals surface area contributed by atoms with Gasteiger partial charge in [-0.05, 0) is 42.5 Å². The van der Waals surface area contributed by atoms with Crippen molar-refractivity contribution < 1.29 is 14.1 Å². The van der Waals surface area contributed by atoms with Crippen LogP contribution in [0.25, 0.3) is 22.6 Å². The Labute approximate surface area is 174 Å². The van der Waals surface area contributed by atoms with E-state index in [-0.39, 0.29) is 16.3 Å². The fraction of sp³-hybridized carbons (Fsp3) is 0. The van der Waals surface area contributed by atoms with E-state index in [0.29, 0.717) is 33.3 Å². The Morgan fingerprint density at radius 1 is 1.03 bits per heavy atom. The van der Waals surface area contributed by atoms with Gasteiger partial charge in [0, 0.05) is 17.3 Å². The zero-order chi connectivity index (χ0) is 20.5.